The molecule has 2 aliphatic rings. The summed E-state index contributed by atoms with van der Waals surface area (Å²) >= 11 is 0. The van der Waals surface area contributed by atoms with E-state index in [4.69, 9.17) is 4.74 Å². The van der Waals surface area contributed by atoms with Crippen LogP contribution in [0.1, 0.15) is 52.9 Å². The van der Waals surface area contributed by atoms with E-state index in [-0.39, 0.29) is 5.60 Å². The fourth-order valence-corrected chi connectivity index (χ4v) is 3.53. The Morgan fingerprint density at radius 3 is 2.54 bits per heavy atom. The van der Waals surface area contributed by atoms with Crippen molar-refractivity contribution in [2.24, 2.45) is 11.3 Å². The van der Waals surface area contributed by atoms with E-state index in [9.17, 15) is 0 Å². The van der Waals surface area contributed by atoms with E-state index in [1.54, 1.807) is 0 Å². The molecule has 0 radical (unpaired) electrons. The lowest BCUT2D eigenvalue weighted by molar-refractivity contribution is -0.164. The number of hydrogen-bond acceptors (Lipinski definition) is 1. The Hall–Kier alpha value is -0.0400. The molecule has 0 unspecified atom stereocenters. The van der Waals surface area contributed by atoms with Crippen molar-refractivity contribution in [1.82, 2.24) is 0 Å². The van der Waals surface area contributed by atoms with E-state index in [0.29, 0.717) is 5.41 Å². The second kappa shape index (κ2) is 2.98. The van der Waals surface area contributed by atoms with E-state index in [2.05, 4.69) is 20.8 Å². The average Bonchev–Trinajstić information content (AvgIpc) is 2.02. The molecule has 13 heavy (non-hydrogen) atoms. The van der Waals surface area contributed by atoms with Crippen molar-refractivity contribution in [3.05, 3.63) is 0 Å². The Kier molecular flexibility index (Phi) is 2.18. The zero-order valence-electron chi connectivity index (χ0n) is 9.23. The lowest BCUT2D eigenvalue weighted by Gasteiger charge is -2.53. The molecule has 1 saturated carbocycles. The van der Waals surface area contributed by atoms with Gasteiger partial charge in [0, 0.05) is 6.61 Å². The van der Waals surface area contributed by atoms with Gasteiger partial charge in [0.25, 0.3) is 0 Å². The SMILES string of the molecule is CC1(C)CCC[C@]2(C)OCCC[C@@H]12. The molecule has 0 bridgehead atoms. The average molecular weight is 182 g/mol. The van der Waals surface area contributed by atoms with Gasteiger partial charge in [-0.1, -0.05) is 20.3 Å². The lowest BCUT2D eigenvalue weighted by atomic mass is 9.59. The summed E-state index contributed by atoms with van der Waals surface area (Å²) in [6.07, 6.45) is 6.66. The summed E-state index contributed by atoms with van der Waals surface area (Å²) in [5.74, 6) is 0.794. The van der Waals surface area contributed by atoms with Crippen LogP contribution in [0.3, 0.4) is 0 Å². The first-order chi connectivity index (χ1) is 6.05. The van der Waals surface area contributed by atoms with Gasteiger partial charge in [0.2, 0.25) is 0 Å². The molecule has 76 valence electrons. The lowest BCUT2D eigenvalue weighted by Crippen LogP contribution is -2.51. The van der Waals surface area contributed by atoms with Crippen molar-refractivity contribution in [1.29, 1.82) is 0 Å². The predicted octanol–water partition coefficient (Wildman–Crippen LogP) is 3.38. The van der Waals surface area contributed by atoms with Crippen LogP contribution in [0, 0.1) is 11.3 Å². The Balaban J connectivity index is 2.21. The van der Waals surface area contributed by atoms with Gasteiger partial charge in [0.05, 0.1) is 5.60 Å². The van der Waals surface area contributed by atoms with Crippen LogP contribution in [0.5, 0.6) is 0 Å². The van der Waals surface area contributed by atoms with Crippen LogP contribution >= 0.6 is 0 Å². The molecule has 0 aromatic heterocycles. The molecule has 2 atom stereocenters. The highest BCUT2D eigenvalue weighted by atomic mass is 16.5. The number of fused-ring (bicyclic) bond motifs is 1. The van der Waals surface area contributed by atoms with Gasteiger partial charge in [-0.15, -0.1) is 0 Å². The minimum absolute atomic E-state index is 0.208. The maximum absolute atomic E-state index is 6.00. The van der Waals surface area contributed by atoms with E-state index in [1.807, 2.05) is 0 Å². The zero-order valence-corrected chi connectivity index (χ0v) is 9.23. The van der Waals surface area contributed by atoms with E-state index >= 15 is 0 Å². The molecule has 0 aromatic carbocycles. The fourth-order valence-electron chi connectivity index (χ4n) is 3.53. The monoisotopic (exact) mass is 182 g/mol. The van der Waals surface area contributed by atoms with Crippen molar-refractivity contribution in [2.45, 2.75) is 58.5 Å². The van der Waals surface area contributed by atoms with E-state index in [0.717, 1.165) is 12.5 Å². The largest absolute Gasteiger partial charge is 0.375 e. The van der Waals surface area contributed by atoms with Crippen LogP contribution in [0.15, 0.2) is 0 Å². The van der Waals surface area contributed by atoms with Crippen LogP contribution in [-0.2, 0) is 4.74 Å². The summed E-state index contributed by atoms with van der Waals surface area (Å²) in [5.41, 5.74) is 0.716. The maximum Gasteiger partial charge on any atom is 0.0687 e. The third-order valence-corrected chi connectivity index (χ3v) is 4.24. The Morgan fingerprint density at radius 1 is 1.08 bits per heavy atom. The molecule has 2 fully saturated rings. The molecule has 0 N–H and O–H groups in total. The Bertz CT molecular complexity index is 193. The van der Waals surface area contributed by atoms with Gasteiger partial charge in [-0.3, -0.25) is 0 Å². The third-order valence-electron chi connectivity index (χ3n) is 4.24. The zero-order chi connectivity index (χ0) is 9.53. The number of hydrogen-bond donors (Lipinski definition) is 0. The molecule has 1 saturated heterocycles. The van der Waals surface area contributed by atoms with Crippen molar-refractivity contribution in [3.63, 3.8) is 0 Å². The molecule has 1 aliphatic heterocycles. The highest BCUT2D eigenvalue weighted by molar-refractivity contribution is 4.98. The summed E-state index contributed by atoms with van der Waals surface area (Å²) in [6, 6.07) is 0. The number of ether oxygens (including phenoxy) is 1. The quantitative estimate of drug-likeness (QED) is 0.558. The van der Waals surface area contributed by atoms with Gasteiger partial charge in [-0.2, -0.15) is 0 Å². The van der Waals surface area contributed by atoms with Gasteiger partial charge >= 0.3 is 0 Å². The molecular weight excluding hydrogens is 160 g/mol. The van der Waals surface area contributed by atoms with Crippen molar-refractivity contribution >= 4 is 0 Å². The van der Waals surface area contributed by atoms with Crippen LogP contribution in [0.25, 0.3) is 0 Å². The second-order valence-electron chi connectivity index (χ2n) is 5.70. The van der Waals surface area contributed by atoms with Crippen LogP contribution in [-0.4, -0.2) is 12.2 Å². The molecule has 1 heterocycles. The second-order valence-corrected chi connectivity index (χ2v) is 5.70. The summed E-state index contributed by atoms with van der Waals surface area (Å²) in [7, 11) is 0. The molecule has 0 aromatic rings. The fraction of sp³-hybridized carbons (Fsp3) is 1.00. The molecule has 0 amide bonds. The van der Waals surface area contributed by atoms with Crippen molar-refractivity contribution < 1.29 is 4.74 Å². The summed E-state index contributed by atoms with van der Waals surface area (Å²) in [6.45, 7) is 8.16. The normalized spacial score (nSPS) is 44.1. The van der Waals surface area contributed by atoms with Gasteiger partial charge in [0.1, 0.15) is 0 Å². The van der Waals surface area contributed by atoms with Gasteiger partial charge < -0.3 is 4.74 Å². The third kappa shape index (κ3) is 1.52. The first kappa shape index (κ1) is 9.51. The Morgan fingerprint density at radius 2 is 1.85 bits per heavy atom. The van der Waals surface area contributed by atoms with E-state index in [1.165, 1.54) is 32.1 Å². The van der Waals surface area contributed by atoms with Crippen LogP contribution < -0.4 is 0 Å². The maximum atomic E-state index is 6.00. The first-order valence-corrected chi connectivity index (χ1v) is 5.69. The number of rotatable bonds is 0. The topological polar surface area (TPSA) is 9.23 Å². The van der Waals surface area contributed by atoms with E-state index < -0.39 is 0 Å². The molecule has 1 heteroatoms. The minimum Gasteiger partial charge on any atom is -0.375 e. The molecule has 0 spiro atoms. The van der Waals surface area contributed by atoms with Crippen molar-refractivity contribution in [3.8, 4) is 0 Å². The molecular formula is C12H22O. The molecule has 2 rings (SSSR count). The van der Waals surface area contributed by atoms with Crippen molar-refractivity contribution in [2.75, 3.05) is 6.61 Å². The highest BCUT2D eigenvalue weighted by Gasteiger charge is 2.48. The first-order valence-electron chi connectivity index (χ1n) is 5.69. The Labute approximate surface area is 81.9 Å². The van der Waals surface area contributed by atoms with Gasteiger partial charge in [-0.25, -0.2) is 0 Å². The van der Waals surface area contributed by atoms with Gasteiger partial charge in [-0.05, 0) is 43.9 Å². The summed E-state index contributed by atoms with van der Waals surface area (Å²) < 4.78 is 6.00. The standard InChI is InChI=1S/C12H22O/c1-11(2)7-5-8-12(3)10(11)6-4-9-13-12/h10H,4-9H2,1-3H3/t10-,12-/m0/s1. The summed E-state index contributed by atoms with van der Waals surface area (Å²) in [4.78, 5) is 0. The predicted molar refractivity (Wildman–Crippen MR) is 54.7 cm³/mol. The smallest absolute Gasteiger partial charge is 0.0687 e. The van der Waals surface area contributed by atoms with Gasteiger partial charge in [0.15, 0.2) is 0 Å². The minimum atomic E-state index is 0.208. The molecule has 1 aliphatic carbocycles. The molecule has 1 nitrogen and oxygen atoms in total. The van der Waals surface area contributed by atoms with Crippen LogP contribution in [0.2, 0.25) is 0 Å². The highest BCUT2D eigenvalue weighted by Crippen LogP contribution is 2.51. The summed E-state index contributed by atoms with van der Waals surface area (Å²) in [5, 5.41) is 0. The van der Waals surface area contributed by atoms with Crippen LogP contribution in [0.4, 0.5) is 0 Å².